The number of hydrogen-bond donors (Lipinski definition) is 2. The molecule has 3 heterocycles. The number of hydrogen-bond acceptors (Lipinski definition) is 6. The molecule has 2 fully saturated rings. The molecule has 9 nitrogen and oxygen atoms in total. The summed E-state index contributed by atoms with van der Waals surface area (Å²) in [5.41, 5.74) is -0.358. The lowest BCUT2D eigenvalue weighted by Gasteiger charge is -2.36. The standard InChI is InChI=1S/C11H15N3O6S/c15-10(16)8-7-12-13-9(8)21(17,18)14-3-1-11(2-4-14)19-5-6-20-11/h7H,1-6H2,(H,12,13)(H,15,16). The molecule has 1 spiro atoms. The van der Waals surface area contributed by atoms with Crippen molar-refractivity contribution in [1.29, 1.82) is 0 Å². The van der Waals surface area contributed by atoms with Gasteiger partial charge in [-0.1, -0.05) is 0 Å². The first kappa shape index (κ1) is 14.4. The maximum Gasteiger partial charge on any atom is 0.340 e. The van der Waals surface area contributed by atoms with Crippen LogP contribution in [0.25, 0.3) is 0 Å². The zero-order chi connectivity index (χ0) is 15.1. The Bertz CT molecular complexity index is 639. The zero-order valence-electron chi connectivity index (χ0n) is 11.1. The van der Waals surface area contributed by atoms with Crippen LogP contribution in [0, 0.1) is 0 Å². The predicted octanol–water partition coefficient (Wildman–Crippen LogP) is -0.364. The van der Waals surface area contributed by atoms with E-state index < -0.39 is 21.8 Å². The number of nitrogens with one attached hydrogen (secondary N) is 1. The van der Waals surface area contributed by atoms with Crippen molar-refractivity contribution < 1.29 is 27.8 Å². The Morgan fingerprint density at radius 3 is 2.52 bits per heavy atom. The van der Waals surface area contributed by atoms with Crippen LogP contribution in [-0.2, 0) is 19.5 Å². The van der Waals surface area contributed by atoms with E-state index in [1.165, 1.54) is 4.31 Å². The van der Waals surface area contributed by atoms with E-state index >= 15 is 0 Å². The molecular weight excluding hydrogens is 302 g/mol. The second-order valence-corrected chi connectivity index (χ2v) is 6.80. The monoisotopic (exact) mass is 317 g/mol. The molecular formula is C11H15N3O6S. The van der Waals surface area contributed by atoms with Crippen LogP contribution < -0.4 is 0 Å². The summed E-state index contributed by atoms with van der Waals surface area (Å²) >= 11 is 0. The van der Waals surface area contributed by atoms with Gasteiger partial charge < -0.3 is 14.6 Å². The fourth-order valence-electron chi connectivity index (χ4n) is 2.61. The maximum atomic E-state index is 12.5. The van der Waals surface area contributed by atoms with Gasteiger partial charge in [0, 0.05) is 25.9 Å². The van der Waals surface area contributed by atoms with Gasteiger partial charge >= 0.3 is 5.97 Å². The highest BCUT2D eigenvalue weighted by Gasteiger charge is 2.43. The fourth-order valence-corrected chi connectivity index (χ4v) is 4.11. The van der Waals surface area contributed by atoms with Crippen molar-refractivity contribution in [3.63, 3.8) is 0 Å². The van der Waals surface area contributed by atoms with Crippen molar-refractivity contribution in [2.45, 2.75) is 23.7 Å². The van der Waals surface area contributed by atoms with Crippen molar-refractivity contribution in [3.8, 4) is 0 Å². The van der Waals surface area contributed by atoms with Crippen LogP contribution in [-0.4, -0.2) is 66.1 Å². The maximum absolute atomic E-state index is 12.5. The van der Waals surface area contributed by atoms with E-state index in [0.717, 1.165) is 6.20 Å². The molecule has 0 atom stereocenters. The van der Waals surface area contributed by atoms with Gasteiger partial charge in [0.2, 0.25) is 0 Å². The minimum absolute atomic E-state index is 0.209. The van der Waals surface area contributed by atoms with E-state index in [1.807, 2.05) is 0 Å². The molecule has 21 heavy (non-hydrogen) atoms. The van der Waals surface area contributed by atoms with Crippen LogP contribution in [0.15, 0.2) is 11.2 Å². The predicted molar refractivity (Wildman–Crippen MR) is 68.2 cm³/mol. The first-order valence-electron chi connectivity index (χ1n) is 6.49. The molecule has 0 radical (unpaired) electrons. The minimum Gasteiger partial charge on any atom is -0.478 e. The summed E-state index contributed by atoms with van der Waals surface area (Å²) < 4.78 is 37.3. The number of carboxylic acid groups (broad SMARTS) is 1. The van der Waals surface area contributed by atoms with E-state index in [1.54, 1.807) is 0 Å². The second kappa shape index (κ2) is 5.05. The van der Waals surface area contributed by atoms with Gasteiger partial charge in [0.1, 0.15) is 5.56 Å². The van der Waals surface area contributed by atoms with Crippen molar-refractivity contribution in [2.75, 3.05) is 26.3 Å². The highest BCUT2D eigenvalue weighted by atomic mass is 32.2. The molecule has 1 aromatic heterocycles. The number of rotatable bonds is 3. The molecule has 1 aromatic rings. The van der Waals surface area contributed by atoms with Gasteiger partial charge in [-0.3, -0.25) is 5.10 Å². The van der Waals surface area contributed by atoms with Gasteiger partial charge in [-0.15, -0.1) is 0 Å². The summed E-state index contributed by atoms with van der Waals surface area (Å²) in [6, 6.07) is 0. The molecule has 0 saturated carbocycles. The second-order valence-electron chi connectivity index (χ2n) is 4.93. The zero-order valence-corrected chi connectivity index (χ0v) is 11.9. The summed E-state index contributed by atoms with van der Waals surface area (Å²) in [6.07, 6.45) is 1.83. The minimum atomic E-state index is -3.92. The van der Waals surface area contributed by atoms with E-state index in [2.05, 4.69) is 10.2 Å². The summed E-state index contributed by atoms with van der Waals surface area (Å²) in [5, 5.41) is 14.4. The average molecular weight is 317 g/mol. The molecule has 2 saturated heterocycles. The SMILES string of the molecule is O=C(O)c1cn[nH]c1S(=O)(=O)N1CCC2(CC1)OCCO2. The third kappa shape index (κ3) is 2.44. The molecule has 0 aliphatic carbocycles. The van der Waals surface area contributed by atoms with Crippen molar-refractivity contribution in [1.82, 2.24) is 14.5 Å². The molecule has 0 aromatic carbocycles. The summed E-state index contributed by atoms with van der Waals surface area (Å²) in [5.74, 6) is -2.02. The Labute approximate surface area is 120 Å². The third-order valence-corrected chi connectivity index (χ3v) is 5.60. The molecule has 0 amide bonds. The van der Waals surface area contributed by atoms with Crippen LogP contribution >= 0.6 is 0 Å². The number of aromatic nitrogens is 2. The lowest BCUT2D eigenvalue weighted by molar-refractivity contribution is -0.179. The molecule has 0 unspecified atom stereocenters. The Kier molecular flexibility index (Phi) is 3.48. The van der Waals surface area contributed by atoms with Crippen LogP contribution in [0.4, 0.5) is 0 Å². The molecule has 2 N–H and O–H groups in total. The quantitative estimate of drug-likeness (QED) is 0.780. The van der Waals surface area contributed by atoms with Crippen molar-refractivity contribution in [2.24, 2.45) is 0 Å². The van der Waals surface area contributed by atoms with Gasteiger partial charge in [-0.05, 0) is 0 Å². The van der Waals surface area contributed by atoms with Crippen molar-refractivity contribution >= 4 is 16.0 Å². The highest BCUT2D eigenvalue weighted by molar-refractivity contribution is 7.89. The van der Waals surface area contributed by atoms with Gasteiger partial charge in [0.05, 0.1) is 19.4 Å². The van der Waals surface area contributed by atoms with Crippen LogP contribution in [0.3, 0.4) is 0 Å². The molecule has 10 heteroatoms. The number of carbonyl (C=O) groups is 1. The first-order chi connectivity index (χ1) is 9.95. The number of aromatic amines is 1. The fraction of sp³-hybridized carbons (Fsp3) is 0.636. The smallest absolute Gasteiger partial charge is 0.340 e. The summed E-state index contributed by atoms with van der Waals surface area (Å²) in [6.45, 7) is 1.44. The van der Waals surface area contributed by atoms with Crippen LogP contribution in [0.1, 0.15) is 23.2 Å². The van der Waals surface area contributed by atoms with Crippen molar-refractivity contribution in [3.05, 3.63) is 11.8 Å². The molecule has 2 aliphatic heterocycles. The number of piperidine rings is 1. The Balaban J connectivity index is 1.80. The Morgan fingerprint density at radius 2 is 1.95 bits per heavy atom. The van der Waals surface area contributed by atoms with E-state index in [0.29, 0.717) is 26.1 Å². The number of carboxylic acids is 1. The Hall–Kier alpha value is -1.49. The number of nitrogens with zero attached hydrogens (tertiary/aromatic N) is 2. The molecule has 0 bridgehead atoms. The number of aromatic carboxylic acids is 1. The van der Waals surface area contributed by atoms with Crippen LogP contribution in [0.2, 0.25) is 0 Å². The number of H-pyrrole nitrogens is 1. The highest BCUT2D eigenvalue weighted by Crippen LogP contribution is 2.33. The average Bonchev–Trinajstić information content (AvgIpc) is 3.09. The molecule has 2 aliphatic rings. The summed E-state index contributed by atoms with van der Waals surface area (Å²) in [4.78, 5) is 11.0. The van der Waals surface area contributed by atoms with Gasteiger partial charge in [0.15, 0.2) is 10.8 Å². The lowest BCUT2D eigenvalue weighted by Crippen LogP contribution is -2.47. The van der Waals surface area contributed by atoms with E-state index in [9.17, 15) is 13.2 Å². The normalized spacial score (nSPS) is 22.7. The van der Waals surface area contributed by atoms with E-state index in [4.69, 9.17) is 14.6 Å². The topological polar surface area (TPSA) is 122 Å². The summed E-state index contributed by atoms with van der Waals surface area (Å²) in [7, 11) is -3.92. The van der Waals surface area contributed by atoms with E-state index in [-0.39, 0.29) is 23.7 Å². The number of sulfonamides is 1. The van der Waals surface area contributed by atoms with Crippen LogP contribution in [0.5, 0.6) is 0 Å². The van der Waals surface area contributed by atoms with Gasteiger partial charge in [-0.2, -0.15) is 9.40 Å². The largest absolute Gasteiger partial charge is 0.478 e. The third-order valence-electron chi connectivity index (χ3n) is 3.73. The first-order valence-corrected chi connectivity index (χ1v) is 7.93. The Morgan fingerprint density at radius 1 is 1.33 bits per heavy atom. The molecule has 116 valence electrons. The van der Waals surface area contributed by atoms with Gasteiger partial charge in [0.25, 0.3) is 10.0 Å². The van der Waals surface area contributed by atoms with Gasteiger partial charge in [-0.25, -0.2) is 13.2 Å². The molecule has 3 rings (SSSR count). The lowest BCUT2D eigenvalue weighted by atomic mass is 10.1. The number of ether oxygens (including phenoxy) is 2.